The third-order valence-electron chi connectivity index (χ3n) is 1.86. The van der Waals surface area contributed by atoms with Crippen LogP contribution in [0.2, 0.25) is 0 Å². The summed E-state index contributed by atoms with van der Waals surface area (Å²) in [6.07, 6.45) is 0. The van der Waals surface area contributed by atoms with Gasteiger partial charge in [-0.3, -0.25) is 0 Å². The number of thiol groups is 1. The van der Waals surface area contributed by atoms with E-state index in [0.717, 1.165) is 5.69 Å². The van der Waals surface area contributed by atoms with Gasteiger partial charge in [0.05, 0.1) is 11.6 Å². The molecule has 0 heterocycles. The Labute approximate surface area is 105 Å². The van der Waals surface area contributed by atoms with Gasteiger partial charge in [0, 0.05) is 5.69 Å². The van der Waals surface area contributed by atoms with Crippen molar-refractivity contribution in [1.82, 2.24) is 0 Å². The van der Waals surface area contributed by atoms with Crippen molar-refractivity contribution < 1.29 is 9.53 Å². The van der Waals surface area contributed by atoms with Crippen molar-refractivity contribution in [1.29, 1.82) is 5.26 Å². The predicted molar refractivity (Wildman–Crippen MR) is 68.3 cm³/mol. The van der Waals surface area contributed by atoms with E-state index >= 15 is 0 Å². The average molecular weight is 248 g/mol. The number of rotatable bonds is 4. The lowest BCUT2D eigenvalue weighted by Gasteiger charge is -2.07. The number of carbonyl (C=O) groups is 1. The molecule has 0 spiro atoms. The molecule has 1 N–H and O–H groups in total. The normalized spacial score (nSPS) is 11.1. The molecule has 88 valence electrons. The molecule has 0 unspecified atom stereocenters. The lowest BCUT2D eigenvalue weighted by atomic mass is 10.3. The van der Waals surface area contributed by atoms with Crippen molar-refractivity contribution in [3.05, 3.63) is 40.9 Å². The highest BCUT2D eigenvalue weighted by Gasteiger charge is 2.14. The minimum absolute atomic E-state index is 0.140. The molecule has 4 nitrogen and oxygen atoms in total. The van der Waals surface area contributed by atoms with Gasteiger partial charge in [-0.15, -0.1) is 12.6 Å². The Morgan fingerprint density at radius 2 is 2.12 bits per heavy atom. The first-order chi connectivity index (χ1) is 8.19. The largest absolute Gasteiger partial charge is 0.462 e. The summed E-state index contributed by atoms with van der Waals surface area (Å²) in [5, 5.41) is 11.9. The Hall–Kier alpha value is -1.93. The molecular formula is C12H12N2O2S. The molecule has 0 fully saturated rings. The summed E-state index contributed by atoms with van der Waals surface area (Å²) in [6, 6.07) is 10.9. The fourth-order valence-electron chi connectivity index (χ4n) is 1.12. The third kappa shape index (κ3) is 3.85. The Morgan fingerprint density at radius 1 is 1.47 bits per heavy atom. The van der Waals surface area contributed by atoms with Gasteiger partial charge in [-0.1, -0.05) is 18.2 Å². The smallest absolute Gasteiger partial charge is 0.351 e. The van der Waals surface area contributed by atoms with Crippen LogP contribution in [0, 0.1) is 11.3 Å². The monoisotopic (exact) mass is 248 g/mol. The first-order valence-electron chi connectivity index (χ1n) is 5.01. The van der Waals surface area contributed by atoms with Crippen molar-refractivity contribution in [3.63, 3.8) is 0 Å². The predicted octanol–water partition coefficient (Wildman–Crippen LogP) is 2.33. The molecule has 5 heteroatoms. The molecule has 0 bridgehead atoms. The van der Waals surface area contributed by atoms with Crippen molar-refractivity contribution in [2.45, 2.75) is 6.92 Å². The maximum Gasteiger partial charge on any atom is 0.351 e. The van der Waals surface area contributed by atoms with Crippen LogP contribution in [0.25, 0.3) is 0 Å². The molecule has 0 aliphatic carbocycles. The number of esters is 1. The number of nitriles is 1. The second-order valence-electron chi connectivity index (χ2n) is 3.05. The number of ether oxygens (including phenoxy) is 1. The molecule has 0 aromatic heterocycles. The quantitative estimate of drug-likeness (QED) is 0.371. The van der Waals surface area contributed by atoms with Crippen LogP contribution >= 0.6 is 12.6 Å². The average Bonchev–Trinajstić information content (AvgIpc) is 2.31. The van der Waals surface area contributed by atoms with Gasteiger partial charge in [0.25, 0.3) is 0 Å². The Bertz CT molecular complexity index is 463. The summed E-state index contributed by atoms with van der Waals surface area (Å²) in [4.78, 5) is 11.4. The third-order valence-corrected chi connectivity index (χ3v) is 2.20. The maximum absolute atomic E-state index is 11.4. The van der Waals surface area contributed by atoms with E-state index in [9.17, 15) is 4.79 Å². The fourth-order valence-corrected chi connectivity index (χ4v) is 1.39. The number of para-hydroxylation sites is 1. The van der Waals surface area contributed by atoms with Crippen molar-refractivity contribution in [3.8, 4) is 6.07 Å². The molecule has 1 aromatic carbocycles. The SMILES string of the molecule is CCOC(=O)/C(C#N)=C(/S)Nc1ccccc1. The van der Waals surface area contributed by atoms with Gasteiger partial charge in [-0.25, -0.2) is 4.79 Å². The van der Waals surface area contributed by atoms with Crippen LogP contribution in [-0.2, 0) is 9.53 Å². The minimum Gasteiger partial charge on any atom is -0.462 e. The molecule has 0 atom stereocenters. The van der Waals surface area contributed by atoms with Crippen LogP contribution in [0.3, 0.4) is 0 Å². The van der Waals surface area contributed by atoms with Crippen LogP contribution in [0.15, 0.2) is 40.9 Å². The van der Waals surface area contributed by atoms with E-state index in [1.807, 2.05) is 18.2 Å². The van der Waals surface area contributed by atoms with Gasteiger partial charge in [0.2, 0.25) is 0 Å². The molecule has 0 saturated heterocycles. The Kier molecular flexibility index (Phi) is 5.11. The van der Waals surface area contributed by atoms with Gasteiger partial charge in [-0.2, -0.15) is 5.26 Å². The number of hydrogen-bond acceptors (Lipinski definition) is 5. The lowest BCUT2D eigenvalue weighted by Crippen LogP contribution is -2.10. The van der Waals surface area contributed by atoms with Crippen molar-refractivity contribution >= 4 is 24.3 Å². The Balaban J connectivity index is 2.88. The van der Waals surface area contributed by atoms with Crippen molar-refractivity contribution in [2.24, 2.45) is 0 Å². The number of carbonyl (C=O) groups excluding carboxylic acids is 1. The second kappa shape index (κ2) is 6.61. The van der Waals surface area contributed by atoms with E-state index in [4.69, 9.17) is 10.00 Å². The Morgan fingerprint density at radius 3 is 2.65 bits per heavy atom. The van der Waals surface area contributed by atoms with Crippen LogP contribution in [0.4, 0.5) is 5.69 Å². The van der Waals surface area contributed by atoms with Crippen LogP contribution in [0.5, 0.6) is 0 Å². The van der Waals surface area contributed by atoms with E-state index in [1.54, 1.807) is 25.1 Å². The van der Waals surface area contributed by atoms with Crippen LogP contribution in [0.1, 0.15) is 6.92 Å². The minimum atomic E-state index is -0.677. The van der Waals surface area contributed by atoms with E-state index in [1.165, 1.54) is 0 Å². The lowest BCUT2D eigenvalue weighted by molar-refractivity contribution is -0.138. The number of nitrogens with zero attached hydrogens (tertiary/aromatic N) is 1. The molecule has 0 saturated carbocycles. The maximum atomic E-state index is 11.4. The zero-order chi connectivity index (χ0) is 12.7. The summed E-state index contributed by atoms with van der Waals surface area (Å²) in [5.41, 5.74) is 0.605. The van der Waals surface area contributed by atoms with Crippen LogP contribution in [-0.4, -0.2) is 12.6 Å². The first-order valence-corrected chi connectivity index (χ1v) is 5.46. The van der Waals surface area contributed by atoms with Gasteiger partial charge >= 0.3 is 5.97 Å². The standard InChI is InChI=1S/C12H12N2O2S/c1-2-16-12(15)10(8-13)11(17)14-9-6-4-3-5-7-9/h3-7,14,17H,2H2,1H3/b11-10+. The summed E-state index contributed by atoms with van der Waals surface area (Å²) >= 11 is 4.09. The van der Waals surface area contributed by atoms with Gasteiger partial charge < -0.3 is 10.1 Å². The molecule has 1 rings (SSSR count). The summed E-state index contributed by atoms with van der Waals surface area (Å²) in [6.45, 7) is 1.89. The molecular weight excluding hydrogens is 236 g/mol. The van der Waals surface area contributed by atoms with Gasteiger partial charge in [-0.05, 0) is 19.1 Å². The van der Waals surface area contributed by atoms with E-state index in [0.29, 0.717) is 0 Å². The first kappa shape index (κ1) is 13.1. The summed E-state index contributed by atoms with van der Waals surface area (Å²) < 4.78 is 4.75. The van der Waals surface area contributed by atoms with Gasteiger partial charge in [0.15, 0.2) is 5.57 Å². The highest BCUT2D eigenvalue weighted by molar-refractivity contribution is 7.84. The van der Waals surface area contributed by atoms with Crippen LogP contribution < -0.4 is 5.32 Å². The number of hydrogen-bond donors (Lipinski definition) is 2. The summed E-state index contributed by atoms with van der Waals surface area (Å²) in [5.74, 6) is -0.677. The number of anilines is 1. The molecule has 0 aliphatic rings. The highest BCUT2D eigenvalue weighted by atomic mass is 32.1. The van der Waals surface area contributed by atoms with E-state index < -0.39 is 5.97 Å². The van der Waals surface area contributed by atoms with E-state index in [-0.39, 0.29) is 17.2 Å². The number of benzene rings is 1. The highest BCUT2D eigenvalue weighted by Crippen LogP contribution is 2.15. The molecule has 1 aromatic rings. The molecule has 0 radical (unpaired) electrons. The van der Waals surface area contributed by atoms with Gasteiger partial charge in [0.1, 0.15) is 6.07 Å². The fraction of sp³-hybridized carbons (Fsp3) is 0.167. The number of nitrogens with one attached hydrogen (secondary N) is 1. The zero-order valence-corrected chi connectivity index (χ0v) is 10.2. The molecule has 0 amide bonds. The van der Waals surface area contributed by atoms with Crippen molar-refractivity contribution in [2.75, 3.05) is 11.9 Å². The molecule has 17 heavy (non-hydrogen) atoms. The topological polar surface area (TPSA) is 62.1 Å². The van der Waals surface area contributed by atoms with E-state index in [2.05, 4.69) is 17.9 Å². The zero-order valence-electron chi connectivity index (χ0n) is 9.30. The second-order valence-corrected chi connectivity index (χ2v) is 3.49. The summed E-state index contributed by atoms with van der Waals surface area (Å²) in [7, 11) is 0. The molecule has 0 aliphatic heterocycles.